The van der Waals surface area contributed by atoms with Gasteiger partial charge in [-0.3, -0.25) is 4.79 Å². The predicted octanol–water partition coefficient (Wildman–Crippen LogP) is 4.86. The van der Waals surface area contributed by atoms with Crippen LogP contribution in [0.4, 0.5) is 34.9 Å². The van der Waals surface area contributed by atoms with Crippen LogP contribution in [0.1, 0.15) is 63.7 Å². The minimum Gasteiger partial charge on any atom is -0.387 e. The van der Waals surface area contributed by atoms with E-state index in [0.717, 1.165) is 12.4 Å². The molecule has 4 rings (SSSR count). The van der Waals surface area contributed by atoms with Crippen molar-refractivity contribution in [2.75, 3.05) is 17.2 Å². The van der Waals surface area contributed by atoms with Crippen LogP contribution in [0.25, 0.3) is 5.65 Å². The van der Waals surface area contributed by atoms with Crippen molar-refractivity contribution in [2.24, 2.45) is 0 Å². The van der Waals surface area contributed by atoms with Gasteiger partial charge in [0.25, 0.3) is 11.8 Å². The molecule has 3 heterocycles. The largest absolute Gasteiger partial charge is 0.387 e. The van der Waals surface area contributed by atoms with Gasteiger partial charge in [0, 0.05) is 24.8 Å². The topological polar surface area (TPSA) is 116 Å². The number of amides is 1. The molecule has 1 saturated carbocycles. The molecule has 3 aromatic rings. The van der Waals surface area contributed by atoms with Crippen LogP contribution in [0.3, 0.4) is 0 Å². The lowest BCUT2D eigenvalue weighted by molar-refractivity contribution is -0.0449. The zero-order chi connectivity index (χ0) is 28.1. The van der Waals surface area contributed by atoms with E-state index in [1.54, 1.807) is 6.07 Å². The average molecular weight is 540 g/mol. The van der Waals surface area contributed by atoms with Gasteiger partial charge in [0.05, 0.1) is 41.8 Å². The maximum absolute atomic E-state index is 14.6. The van der Waals surface area contributed by atoms with E-state index in [1.807, 2.05) is 13.8 Å². The van der Waals surface area contributed by atoms with Gasteiger partial charge in [0.15, 0.2) is 17.3 Å². The maximum Gasteiger partial charge on any atom is 0.267 e. The molecule has 1 amide bonds. The molecule has 1 aliphatic carbocycles. The Morgan fingerprint density at radius 2 is 2.05 bits per heavy atom. The van der Waals surface area contributed by atoms with Crippen molar-refractivity contribution >= 4 is 28.9 Å². The Labute approximate surface area is 218 Å². The van der Waals surface area contributed by atoms with Crippen molar-refractivity contribution in [1.29, 1.82) is 0 Å². The van der Waals surface area contributed by atoms with E-state index in [2.05, 4.69) is 31.0 Å². The Kier molecular flexibility index (Phi) is 9.13. The second-order valence-electron chi connectivity index (χ2n) is 9.35. The second-order valence-corrected chi connectivity index (χ2v) is 9.35. The predicted molar refractivity (Wildman–Crippen MR) is 136 cm³/mol. The van der Waals surface area contributed by atoms with Gasteiger partial charge in [-0.25, -0.2) is 32.0 Å². The number of alkyl halides is 3. The fourth-order valence-corrected chi connectivity index (χ4v) is 3.85. The summed E-state index contributed by atoms with van der Waals surface area (Å²) in [5, 5.41) is 21.5. The lowest BCUT2D eigenvalue weighted by atomic mass is 9.91. The fraction of sp³-hybridized carbons (Fsp3) is 0.520. The summed E-state index contributed by atoms with van der Waals surface area (Å²) in [6.45, 7) is 6.03. The molecule has 1 aliphatic rings. The minimum atomic E-state index is -3.01. The highest BCUT2D eigenvalue weighted by Crippen LogP contribution is 2.36. The van der Waals surface area contributed by atoms with Gasteiger partial charge in [-0.2, -0.15) is 5.10 Å². The molecule has 2 unspecified atom stereocenters. The highest BCUT2D eigenvalue weighted by Gasteiger charge is 2.42. The first kappa shape index (κ1) is 29.1. The van der Waals surface area contributed by atoms with E-state index in [4.69, 9.17) is 0 Å². The number of hydrogen-bond donors (Lipinski definition) is 4. The number of hydrogen-bond acceptors (Lipinski definition) is 7. The Bertz CT molecular complexity index is 1250. The molecule has 0 aromatic carbocycles. The fourth-order valence-electron chi connectivity index (χ4n) is 3.85. The number of fused-ring (bicyclic) bond motifs is 1. The molecule has 1 fully saturated rings. The van der Waals surface area contributed by atoms with Gasteiger partial charge in [-0.1, -0.05) is 20.3 Å². The number of carbonyl (C=O) groups excluding carboxylic acids is 1. The molecule has 208 valence electrons. The molecule has 0 aliphatic heterocycles. The third-order valence-electron chi connectivity index (χ3n) is 6.03. The number of halogens is 4. The molecule has 0 saturated heterocycles. The number of nitrogens with zero attached hydrogens (tertiary/aromatic N) is 4. The van der Waals surface area contributed by atoms with Crippen LogP contribution in [0.5, 0.6) is 0 Å². The average Bonchev–Trinajstić information content (AvgIpc) is 3.31. The number of aromatic nitrogens is 4. The summed E-state index contributed by atoms with van der Waals surface area (Å²) in [7, 11) is 0. The summed E-state index contributed by atoms with van der Waals surface area (Å²) in [6, 6.07) is 1.62. The van der Waals surface area contributed by atoms with E-state index in [-0.39, 0.29) is 35.7 Å². The molecule has 2 atom stereocenters. The lowest BCUT2D eigenvalue weighted by Gasteiger charge is -2.33. The third kappa shape index (κ3) is 6.88. The first-order chi connectivity index (χ1) is 17.9. The van der Waals surface area contributed by atoms with Crippen LogP contribution in [-0.4, -0.2) is 60.9 Å². The van der Waals surface area contributed by atoms with Crippen LogP contribution in [0.2, 0.25) is 0 Å². The normalized spacial score (nSPS) is 17.8. The van der Waals surface area contributed by atoms with Crippen molar-refractivity contribution < 1.29 is 27.5 Å². The molecule has 0 spiro atoms. The number of aliphatic hydroxyl groups is 1. The number of pyridine rings is 1. The Balaban J connectivity index is 0.00000195. The van der Waals surface area contributed by atoms with Crippen molar-refractivity contribution in [2.45, 2.75) is 77.1 Å². The molecule has 3 aromatic heterocycles. The van der Waals surface area contributed by atoms with E-state index in [0.29, 0.717) is 18.5 Å². The number of carbonyl (C=O) groups is 1. The molecule has 13 heteroatoms. The number of nitrogens with one attached hydrogen (secondary N) is 3. The molecule has 9 nitrogen and oxygen atoms in total. The Morgan fingerprint density at radius 3 is 2.74 bits per heavy atom. The van der Waals surface area contributed by atoms with E-state index in [9.17, 15) is 27.5 Å². The van der Waals surface area contributed by atoms with Gasteiger partial charge in [0.1, 0.15) is 12.0 Å². The highest BCUT2D eigenvalue weighted by molar-refractivity contribution is 6.00. The molecular formula is C25H33F4N7O2. The van der Waals surface area contributed by atoms with E-state index < -0.39 is 42.0 Å². The zero-order valence-corrected chi connectivity index (χ0v) is 21.7. The summed E-state index contributed by atoms with van der Waals surface area (Å²) >= 11 is 0. The summed E-state index contributed by atoms with van der Waals surface area (Å²) in [5.41, 5.74) is -1.41. The van der Waals surface area contributed by atoms with Gasteiger partial charge in [-0.05, 0) is 26.7 Å². The Hall–Kier alpha value is -3.48. The van der Waals surface area contributed by atoms with Crippen molar-refractivity contribution in [1.82, 2.24) is 24.9 Å². The van der Waals surface area contributed by atoms with Crippen LogP contribution in [0.15, 0.2) is 30.7 Å². The van der Waals surface area contributed by atoms with Crippen LogP contribution in [-0.2, 0) is 0 Å². The molecule has 0 bridgehead atoms. The first-order valence-corrected chi connectivity index (χ1v) is 12.5. The van der Waals surface area contributed by atoms with Crippen molar-refractivity contribution in [3.63, 3.8) is 0 Å². The summed E-state index contributed by atoms with van der Waals surface area (Å²) in [6.07, 6.45) is 2.78. The smallest absolute Gasteiger partial charge is 0.267 e. The SMILES string of the molecule is CC.CC(C)(O)C(F)CNC(=O)c1cnc(Nc2nc3ccnn3cc2F)cc1NC1CCCCC1(F)F. The standard InChI is InChI=1S/C23H27F4N7O2.C2H6/c1-22(2,36)16(25)11-29-21(35)13-10-28-18(9-15(13)31-17-5-3-4-7-23(17,26)27)32-20-14(24)12-34-19(33-20)6-8-30-34;1-2/h6,8-10,12,16-17,36H,3-5,7,11H2,1-2H3,(H,29,35)(H2,28,31,32,33);1-2H3. The molecular weight excluding hydrogens is 506 g/mol. The maximum atomic E-state index is 14.6. The van der Waals surface area contributed by atoms with Gasteiger partial charge in [-0.15, -0.1) is 0 Å². The number of anilines is 3. The van der Waals surface area contributed by atoms with Gasteiger partial charge in [0.2, 0.25) is 0 Å². The molecule has 4 N–H and O–H groups in total. The molecule has 38 heavy (non-hydrogen) atoms. The number of rotatable bonds is 8. The first-order valence-electron chi connectivity index (χ1n) is 12.5. The van der Waals surface area contributed by atoms with Crippen LogP contribution >= 0.6 is 0 Å². The Morgan fingerprint density at radius 1 is 1.32 bits per heavy atom. The van der Waals surface area contributed by atoms with E-state index in [1.165, 1.54) is 30.6 Å². The summed E-state index contributed by atoms with van der Waals surface area (Å²) in [4.78, 5) is 21.0. The van der Waals surface area contributed by atoms with E-state index >= 15 is 0 Å². The van der Waals surface area contributed by atoms with Gasteiger partial charge >= 0.3 is 0 Å². The monoisotopic (exact) mass is 539 g/mol. The third-order valence-corrected chi connectivity index (χ3v) is 6.03. The van der Waals surface area contributed by atoms with Gasteiger partial charge < -0.3 is 21.1 Å². The lowest BCUT2D eigenvalue weighted by Crippen LogP contribution is -2.43. The van der Waals surface area contributed by atoms with Crippen molar-refractivity contribution in [3.8, 4) is 0 Å². The van der Waals surface area contributed by atoms with Crippen LogP contribution in [0, 0.1) is 5.82 Å². The summed E-state index contributed by atoms with van der Waals surface area (Å²) in [5.74, 6) is -4.64. The highest BCUT2D eigenvalue weighted by atomic mass is 19.3. The molecule has 0 radical (unpaired) electrons. The van der Waals surface area contributed by atoms with Crippen LogP contribution < -0.4 is 16.0 Å². The van der Waals surface area contributed by atoms with Crippen molar-refractivity contribution in [3.05, 3.63) is 42.1 Å². The zero-order valence-electron chi connectivity index (χ0n) is 21.7. The second kappa shape index (κ2) is 11.9. The minimum absolute atomic E-state index is 0.0149. The summed E-state index contributed by atoms with van der Waals surface area (Å²) < 4.78 is 59.0. The quantitative estimate of drug-likeness (QED) is 0.302.